The Labute approximate surface area is 251 Å². The topological polar surface area (TPSA) is 87.3 Å². The molecule has 1 fully saturated rings. The van der Waals surface area contributed by atoms with Gasteiger partial charge < -0.3 is 16.0 Å². The Morgan fingerprint density at radius 1 is 0.767 bits per heavy atom. The van der Waals surface area contributed by atoms with Crippen LogP contribution in [0.3, 0.4) is 0 Å². The number of amides is 3. The highest BCUT2D eigenvalue weighted by molar-refractivity contribution is 6.53. The van der Waals surface area contributed by atoms with Gasteiger partial charge in [0.15, 0.2) is 0 Å². The Morgan fingerprint density at radius 3 is 2.00 bits per heavy atom. The number of rotatable bonds is 6. The number of carbonyl (C=O) groups is 3. The van der Waals surface area contributed by atoms with Crippen molar-refractivity contribution in [2.45, 2.75) is 22.6 Å². The smallest absolute Gasteiger partial charge is 0.326 e. The van der Waals surface area contributed by atoms with Gasteiger partial charge >= 0.3 is 18.3 Å². The van der Waals surface area contributed by atoms with Gasteiger partial charge in [0.1, 0.15) is 16.0 Å². The molecule has 17 heteroatoms. The van der Waals surface area contributed by atoms with Crippen LogP contribution in [-0.2, 0) is 15.8 Å². The van der Waals surface area contributed by atoms with Gasteiger partial charge in [-0.3, -0.25) is 14.4 Å². The first-order valence-electron chi connectivity index (χ1n) is 11.6. The first kappa shape index (κ1) is 32.3. The molecular weight excluding hydrogens is 661 g/mol. The summed E-state index contributed by atoms with van der Waals surface area (Å²) in [5, 5.41) is 6.04. The van der Waals surface area contributed by atoms with Crippen molar-refractivity contribution in [3.8, 4) is 0 Å². The largest absolute Gasteiger partial charge is 0.471 e. The predicted molar refractivity (Wildman–Crippen MR) is 141 cm³/mol. The van der Waals surface area contributed by atoms with E-state index in [0.717, 1.165) is 24.3 Å². The highest BCUT2D eigenvalue weighted by atomic mass is 35.5. The fraction of sp³-hybridized carbons (Fsp3) is 0.192. The second kappa shape index (κ2) is 11.5. The van der Waals surface area contributed by atoms with Crippen LogP contribution in [0.15, 0.2) is 54.6 Å². The Hall–Kier alpha value is -3.62. The maximum Gasteiger partial charge on any atom is 0.471 e. The fourth-order valence-electron chi connectivity index (χ4n) is 4.11. The number of halogens is 11. The minimum absolute atomic E-state index is 0.000234. The predicted octanol–water partition coefficient (Wildman–Crippen LogP) is 7.92. The van der Waals surface area contributed by atoms with E-state index in [2.05, 4.69) is 10.6 Å². The Balaban J connectivity index is 1.48. The van der Waals surface area contributed by atoms with Crippen LogP contribution in [0.25, 0.3) is 0 Å². The molecule has 3 amide bonds. The molecule has 3 N–H and O–H groups in total. The van der Waals surface area contributed by atoms with E-state index >= 15 is 0 Å². The van der Waals surface area contributed by atoms with Crippen LogP contribution in [0.1, 0.15) is 27.4 Å². The summed E-state index contributed by atoms with van der Waals surface area (Å²) in [4.78, 5) is 36.6. The van der Waals surface area contributed by atoms with Gasteiger partial charge in [0.05, 0.1) is 27.8 Å². The summed E-state index contributed by atoms with van der Waals surface area (Å²) < 4.78 is 103. The standard InChI is InChI=1S/C26H14Cl3F8N3O3/c27-15-5-3-12(9-18(15)40-21(41)13-4-2-11(8-17(13)31)39-23(43)26(35,36)37)38-22(42)20-19(24(20,28)29)10-1-6-16(30)14(7-10)25(32,33)34/h1-9,19-20H,(H,38,42)(H,39,43)(H,40,41). The zero-order valence-corrected chi connectivity index (χ0v) is 23.0. The average Bonchev–Trinajstić information content (AvgIpc) is 3.46. The second-order valence-electron chi connectivity index (χ2n) is 9.15. The summed E-state index contributed by atoms with van der Waals surface area (Å²) in [6.45, 7) is 0. The highest BCUT2D eigenvalue weighted by Crippen LogP contribution is 2.65. The summed E-state index contributed by atoms with van der Waals surface area (Å²) in [6.07, 6.45) is -10.2. The molecule has 0 saturated heterocycles. The van der Waals surface area contributed by atoms with Crippen molar-refractivity contribution >= 4 is 69.6 Å². The minimum atomic E-state index is -5.23. The molecule has 2 unspecified atom stereocenters. The number of carbonyl (C=O) groups excluding carboxylic acids is 3. The molecule has 228 valence electrons. The molecule has 1 saturated carbocycles. The van der Waals surface area contributed by atoms with Gasteiger partial charge in [-0.05, 0) is 54.1 Å². The number of hydrogen-bond donors (Lipinski definition) is 3. The number of anilines is 3. The normalized spacial score (nSPS) is 17.7. The lowest BCUT2D eigenvalue weighted by molar-refractivity contribution is -0.167. The van der Waals surface area contributed by atoms with E-state index in [9.17, 15) is 49.5 Å². The molecule has 6 nitrogen and oxygen atoms in total. The number of benzene rings is 3. The Morgan fingerprint density at radius 2 is 1.40 bits per heavy atom. The van der Waals surface area contributed by atoms with Crippen LogP contribution in [0.4, 0.5) is 52.2 Å². The molecule has 3 aromatic carbocycles. The molecule has 4 rings (SSSR count). The second-order valence-corrected chi connectivity index (χ2v) is 11.0. The third-order valence-electron chi connectivity index (χ3n) is 6.20. The van der Waals surface area contributed by atoms with Crippen LogP contribution in [0, 0.1) is 17.6 Å². The molecular formula is C26H14Cl3F8N3O3. The zero-order valence-electron chi connectivity index (χ0n) is 20.7. The van der Waals surface area contributed by atoms with Crippen molar-refractivity contribution < 1.29 is 49.5 Å². The van der Waals surface area contributed by atoms with Crippen LogP contribution >= 0.6 is 34.8 Å². The van der Waals surface area contributed by atoms with E-state index in [1.165, 1.54) is 17.4 Å². The Bertz CT molecular complexity index is 1630. The van der Waals surface area contributed by atoms with E-state index < -0.39 is 74.7 Å². The van der Waals surface area contributed by atoms with E-state index in [4.69, 9.17) is 34.8 Å². The van der Waals surface area contributed by atoms with E-state index in [-0.39, 0.29) is 22.0 Å². The van der Waals surface area contributed by atoms with Crippen LogP contribution in [-0.4, -0.2) is 28.2 Å². The van der Waals surface area contributed by atoms with Gasteiger partial charge in [-0.2, -0.15) is 26.3 Å². The van der Waals surface area contributed by atoms with Gasteiger partial charge in [0.25, 0.3) is 5.91 Å². The van der Waals surface area contributed by atoms with E-state index in [1.54, 1.807) is 0 Å². The lowest BCUT2D eigenvalue weighted by Gasteiger charge is -2.12. The van der Waals surface area contributed by atoms with Crippen LogP contribution < -0.4 is 16.0 Å². The molecule has 43 heavy (non-hydrogen) atoms. The van der Waals surface area contributed by atoms with Gasteiger partial charge in [0, 0.05) is 17.3 Å². The molecule has 1 aliphatic carbocycles. The van der Waals surface area contributed by atoms with Crippen molar-refractivity contribution in [3.63, 3.8) is 0 Å². The maximum atomic E-state index is 14.5. The number of alkyl halides is 8. The SMILES string of the molecule is O=C(Nc1cc(NC(=O)C2C(c3ccc(F)c(C(F)(F)F)c3)C2(Cl)Cl)ccc1Cl)c1ccc(NC(=O)C(F)(F)F)cc1F. The highest BCUT2D eigenvalue weighted by Gasteiger charge is 2.67. The molecule has 2 atom stereocenters. The zero-order chi connectivity index (χ0) is 32.1. The molecule has 3 aromatic rings. The van der Waals surface area contributed by atoms with Gasteiger partial charge in [-0.15, -0.1) is 23.2 Å². The molecule has 1 aliphatic rings. The average molecular weight is 675 g/mol. The van der Waals surface area contributed by atoms with Crippen molar-refractivity contribution in [3.05, 3.63) is 87.9 Å². The minimum Gasteiger partial charge on any atom is -0.326 e. The van der Waals surface area contributed by atoms with Crippen molar-refractivity contribution in [1.82, 2.24) is 0 Å². The Kier molecular flexibility index (Phi) is 8.61. The maximum absolute atomic E-state index is 14.5. The first-order chi connectivity index (χ1) is 19.8. The number of nitrogens with one attached hydrogen (secondary N) is 3. The summed E-state index contributed by atoms with van der Waals surface area (Å²) in [6, 6.07) is 7.94. The summed E-state index contributed by atoms with van der Waals surface area (Å²) in [7, 11) is 0. The molecule has 0 radical (unpaired) electrons. The quantitative estimate of drug-likeness (QED) is 0.184. The third-order valence-corrected chi connectivity index (χ3v) is 7.47. The first-order valence-corrected chi connectivity index (χ1v) is 12.8. The number of hydrogen-bond acceptors (Lipinski definition) is 3. The molecule has 0 heterocycles. The van der Waals surface area contributed by atoms with E-state index in [0.29, 0.717) is 18.2 Å². The fourth-order valence-corrected chi connectivity index (χ4v) is 5.10. The van der Waals surface area contributed by atoms with Crippen LogP contribution in [0.2, 0.25) is 5.02 Å². The van der Waals surface area contributed by atoms with Crippen molar-refractivity contribution in [2.75, 3.05) is 16.0 Å². The third kappa shape index (κ3) is 6.97. The van der Waals surface area contributed by atoms with Crippen LogP contribution in [0.5, 0.6) is 0 Å². The summed E-state index contributed by atoms with van der Waals surface area (Å²) in [5.41, 5.74) is -3.04. The molecule has 0 aliphatic heterocycles. The lowest BCUT2D eigenvalue weighted by Crippen LogP contribution is -2.30. The summed E-state index contributed by atoms with van der Waals surface area (Å²) >= 11 is 18.4. The molecule has 0 bridgehead atoms. The molecule has 0 aromatic heterocycles. The van der Waals surface area contributed by atoms with Gasteiger partial charge in [0.2, 0.25) is 5.91 Å². The van der Waals surface area contributed by atoms with Gasteiger partial charge in [-0.1, -0.05) is 17.7 Å². The van der Waals surface area contributed by atoms with E-state index in [1.807, 2.05) is 0 Å². The van der Waals surface area contributed by atoms with Gasteiger partial charge in [-0.25, -0.2) is 8.78 Å². The van der Waals surface area contributed by atoms with Crippen molar-refractivity contribution in [1.29, 1.82) is 0 Å². The monoisotopic (exact) mass is 673 g/mol. The summed E-state index contributed by atoms with van der Waals surface area (Å²) in [5.74, 6) is -9.49. The lowest BCUT2D eigenvalue weighted by atomic mass is 10.0. The molecule has 0 spiro atoms. The van der Waals surface area contributed by atoms with Crippen molar-refractivity contribution in [2.24, 2.45) is 5.92 Å².